The van der Waals surface area contributed by atoms with Crippen molar-refractivity contribution in [2.45, 2.75) is 13.3 Å². The normalized spacial score (nSPS) is 10.3. The van der Waals surface area contributed by atoms with Gasteiger partial charge in [-0.05, 0) is 6.92 Å². The smallest absolute Gasteiger partial charge is 0.249 e. The Morgan fingerprint density at radius 3 is 2.70 bits per heavy atom. The van der Waals surface area contributed by atoms with E-state index in [0.717, 1.165) is 0 Å². The summed E-state index contributed by atoms with van der Waals surface area (Å²) in [5, 5.41) is 1.21. The van der Waals surface area contributed by atoms with E-state index in [9.17, 15) is 4.79 Å². The first-order chi connectivity index (χ1) is 4.72. The quantitative estimate of drug-likeness (QED) is 0.435. The number of carbonyl (C=O) groups excluding carboxylic acids is 1. The minimum Gasteiger partial charge on any atom is -0.275 e. The molecule has 0 N–H and O–H groups in total. The Hall–Kier alpha value is -0.830. The maximum absolute atomic E-state index is 10.9. The average Bonchev–Trinajstić information content (AvgIpc) is 1.98. The molecule has 1 amide bonds. The molecule has 0 aromatic rings. The Labute approximate surface area is 61.2 Å². The van der Waals surface area contributed by atoms with Crippen LogP contribution in [0.1, 0.15) is 13.3 Å². The highest BCUT2D eigenvalue weighted by Gasteiger charge is 2.02. The van der Waals surface area contributed by atoms with E-state index < -0.39 is 0 Å². The number of carbonyl (C=O) groups is 1. The van der Waals surface area contributed by atoms with Crippen LogP contribution in [-0.2, 0) is 9.63 Å². The van der Waals surface area contributed by atoms with Gasteiger partial charge in [-0.2, -0.15) is 0 Å². The fraction of sp³-hybridized carbons (Fsp3) is 0.571. The molecule has 0 aromatic heterocycles. The van der Waals surface area contributed by atoms with Crippen molar-refractivity contribution in [3.8, 4) is 0 Å². The molecule has 0 spiro atoms. The number of nitrogens with zero attached hydrogens (tertiary/aromatic N) is 1. The lowest BCUT2D eigenvalue weighted by molar-refractivity contribution is -0.167. The van der Waals surface area contributed by atoms with Crippen LogP contribution in [0.2, 0.25) is 0 Å². The first-order valence-corrected chi connectivity index (χ1v) is 3.14. The van der Waals surface area contributed by atoms with Gasteiger partial charge in [-0.15, -0.1) is 0 Å². The van der Waals surface area contributed by atoms with Gasteiger partial charge in [0.1, 0.15) is 0 Å². The van der Waals surface area contributed by atoms with Crippen molar-refractivity contribution in [3.05, 3.63) is 12.2 Å². The number of allylic oxidation sites excluding steroid dienone is 1. The van der Waals surface area contributed by atoms with Crippen molar-refractivity contribution in [1.29, 1.82) is 0 Å². The molecule has 0 aliphatic carbocycles. The monoisotopic (exact) mass is 143 g/mol. The molecule has 0 aliphatic rings. The van der Waals surface area contributed by atoms with Gasteiger partial charge >= 0.3 is 0 Å². The Morgan fingerprint density at radius 2 is 2.30 bits per heavy atom. The highest BCUT2D eigenvalue weighted by molar-refractivity contribution is 5.76. The largest absolute Gasteiger partial charge is 0.275 e. The van der Waals surface area contributed by atoms with Crippen LogP contribution in [0.4, 0.5) is 0 Å². The van der Waals surface area contributed by atoms with Gasteiger partial charge < -0.3 is 0 Å². The van der Waals surface area contributed by atoms with Crippen molar-refractivity contribution in [3.63, 3.8) is 0 Å². The number of hydrogen-bond acceptors (Lipinski definition) is 2. The molecule has 0 aromatic carbocycles. The van der Waals surface area contributed by atoms with Crippen molar-refractivity contribution < 1.29 is 9.63 Å². The second kappa shape index (κ2) is 4.99. The molecule has 3 heteroatoms. The van der Waals surface area contributed by atoms with E-state index in [1.54, 1.807) is 13.1 Å². The van der Waals surface area contributed by atoms with Crippen LogP contribution in [0, 0.1) is 0 Å². The van der Waals surface area contributed by atoms with Gasteiger partial charge in [0.25, 0.3) is 0 Å². The first-order valence-electron chi connectivity index (χ1n) is 3.14. The summed E-state index contributed by atoms with van der Waals surface area (Å²) >= 11 is 0. The predicted octanol–water partition coefficient (Wildman–Crippen LogP) is 0.972. The first kappa shape index (κ1) is 9.17. The second-order valence-electron chi connectivity index (χ2n) is 1.85. The summed E-state index contributed by atoms with van der Waals surface area (Å²) < 4.78 is 0. The lowest BCUT2D eigenvalue weighted by Gasteiger charge is -2.11. The molecule has 0 saturated carbocycles. The van der Waals surface area contributed by atoms with Crippen LogP contribution in [0.5, 0.6) is 0 Å². The van der Waals surface area contributed by atoms with Crippen LogP contribution in [-0.4, -0.2) is 25.1 Å². The summed E-state index contributed by atoms with van der Waals surface area (Å²) in [6, 6.07) is 0. The second-order valence-corrected chi connectivity index (χ2v) is 1.85. The van der Waals surface area contributed by atoms with Gasteiger partial charge in [0.2, 0.25) is 5.91 Å². The van der Waals surface area contributed by atoms with Crippen molar-refractivity contribution >= 4 is 5.91 Å². The summed E-state index contributed by atoms with van der Waals surface area (Å²) in [6.07, 6.45) is 4.03. The molecule has 0 saturated heterocycles. The third-order valence-electron chi connectivity index (χ3n) is 1.15. The van der Waals surface area contributed by atoms with E-state index in [2.05, 4.69) is 4.84 Å². The zero-order valence-electron chi connectivity index (χ0n) is 6.63. The lowest BCUT2D eigenvalue weighted by Crippen LogP contribution is -2.24. The van der Waals surface area contributed by atoms with Crippen LogP contribution < -0.4 is 0 Å². The average molecular weight is 143 g/mol. The molecular formula is C7H13NO2. The Kier molecular flexibility index (Phi) is 4.58. The summed E-state index contributed by atoms with van der Waals surface area (Å²) in [5.74, 6) is -0.0411. The Balaban J connectivity index is 3.62. The van der Waals surface area contributed by atoms with Gasteiger partial charge in [-0.1, -0.05) is 12.2 Å². The van der Waals surface area contributed by atoms with Gasteiger partial charge in [0, 0.05) is 13.5 Å². The van der Waals surface area contributed by atoms with Gasteiger partial charge in [0.15, 0.2) is 0 Å². The van der Waals surface area contributed by atoms with Crippen LogP contribution in [0.3, 0.4) is 0 Å². The van der Waals surface area contributed by atoms with E-state index in [1.165, 1.54) is 12.2 Å². The fourth-order valence-corrected chi connectivity index (χ4v) is 0.449. The van der Waals surface area contributed by atoms with E-state index in [1.807, 2.05) is 13.0 Å². The van der Waals surface area contributed by atoms with Crippen molar-refractivity contribution in [2.24, 2.45) is 0 Å². The van der Waals surface area contributed by atoms with Crippen LogP contribution >= 0.6 is 0 Å². The third-order valence-corrected chi connectivity index (χ3v) is 1.15. The lowest BCUT2D eigenvalue weighted by atomic mass is 10.4. The van der Waals surface area contributed by atoms with Gasteiger partial charge in [-0.3, -0.25) is 9.63 Å². The third kappa shape index (κ3) is 3.25. The zero-order chi connectivity index (χ0) is 7.98. The Bertz CT molecular complexity index is 132. The predicted molar refractivity (Wildman–Crippen MR) is 39.2 cm³/mol. The zero-order valence-corrected chi connectivity index (χ0v) is 6.63. The molecule has 0 rings (SSSR count). The van der Waals surface area contributed by atoms with Gasteiger partial charge in [-0.25, -0.2) is 5.06 Å². The molecule has 0 aliphatic heterocycles. The molecule has 0 fully saturated rings. The number of hydrogen-bond donors (Lipinski definition) is 0. The molecule has 3 nitrogen and oxygen atoms in total. The van der Waals surface area contributed by atoms with E-state index in [-0.39, 0.29) is 5.91 Å². The maximum atomic E-state index is 10.9. The summed E-state index contributed by atoms with van der Waals surface area (Å²) in [5.41, 5.74) is 0. The van der Waals surface area contributed by atoms with E-state index >= 15 is 0 Å². The Morgan fingerprint density at radius 1 is 1.70 bits per heavy atom. The SMILES string of the molecule is C/C=C/CC(=O)N(C)OC. The molecule has 58 valence electrons. The highest BCUT2D eigenvalue weighted by Crippen LogP contribution is 1.90. The summed E-state index contributed by atoms with van der Waals surface area (Å²) in [6.45, 7) is 1.88. The molecule has 10 heavy (non-hydrogen) atoms. The van der Waals surface area contributed by atoms with E-state index in [4.69, 9.17) is 0 Å². The summed E-state index contributed by atoms with van der Waals surface area (Å²) in [4.78, 5) is 15.5. The molecule has 0 atom stereocenters. The van der Waals surface area contributed by atoms with E-state index in [0.29, 0.717) is 6.42 Å². The number of hydroxylamine groups is 2. The van der Waals surface area contributed by atoms with Crippen molar-refractivity contribution in [2.75, 3.05) is 14.2 Å². The van der Waals surface area contributed by atoms with Gasteiger partial charge in [0.05, 0.1) is 7.11 Å². The molecule has 0 radical (unpaired) electrons. The molecule has 0 unspecified atom stereocenters. The molecule has 0 bridgehead atoms. The van der Waals surface area contributed by atoms with Crippen LogP contribution in [0.15, 0.2) is 12.2 Å². The van der Waals surface area contributed by atoms with Crippen molar-refractivity contribution in [1.82, 2.24) is 5.06 Å². The number of rotatable bonds is 3. The van der Waals surface area contributed by atoms with Crippen LogP contribution in [0.25, 0.3) is 0 Å². The molecular weight excluding hydrogens is 130 g/mol. The number of amides is 1. The highest BCUT2D eigenvalue weighted by atomic mass is 16.7. The molecule has 0 heterocycles. The minimum absolute atomic E-state index is 0.0411. The standard InChI is InChI=1S/C7H13NO2/c1-4-5-6-7(9)8(2)10-3/h4-5H,6H2,1-3H3/b5-4+. The fourth-order valence-electron chi connectivity index (χ4n) is 0.449. The topological polar surface area (TPSA) is 29.5 Å². The minimum atomic E-state index is -0.0411. The summed E-state index contributed by atoms with van der Waals surface area (Å²) in [7, 11) is 3.05. The maximum Gasteiger partial charge on any atom is 0.249 e.